The highest BCUT2D eigenvalue weighted by Crippen LogP contribution is 2.22. The zero-order chi connectivity index (χ0) is 17.1. The fourth-order valence-corrected chi connectivity index (χ4v) is 3.09. The van der Waals surface area contributed by atoms with Crippen molar-refractivity contribution in [3.05, 3.63) is 47.3 Å². The summed E-state index contributed by atoms with van der Waals surface area (Å²) < 4.78 is 5.14. The number of methoxy groups -OCH3 is 1. The molecule has 0 saturated carbocycles. The third-order valence-electron chi connectivity index (χ3n) is 3.61. The summed E-state index contributed by atoms with van der Waals surface area (Å²) in [6.45, 7) is 3.84. The van der Waals surface area contributed by atoms with Gasteiger partial charge in [0.2, 0.25) is 5.16 Å². The Morgan fingerprint density at radius 3 is 2.62 bits per heavy atom. The van der Waals surface area contributed by atoms with Crippen LogP contribution in [0.1, 0.15) is 21.7 Å². The summed E-state index contributed by atoms with van der Waals surface area (Å²) >= 11 is 1.32. The van der Waals surface area contributed by atoms with Gasteiger partial charge in [-0.3, -0.25) is 9.89 Å². The average molecular weight is 342 g/mol. The molecule has 2 N–H and O–H groups in total. The van der Waals surface area contributed by atoms with Crippen molar-refractivity contribution in [2.24, 2.45) is 0 Å². The molecule has 2 aromatic heterocycles. The van der Waals surface area contributed by atoms with Gasteiger partial charge in [-0.1, -0.05) is 11.8 Å². The van der Waals surface area contributed by atoms with Crippen molar-refractivity contribution in [1.29, 1.82) is 0 Å². The van der Waals surface area contributed by atoms with Crippen LogP contribution in [0.25, 0.3) is 11.4 Å². The molecule has 3 aromatic rings. The van der Waals surface area contributed by atoms with Crippen molar-refractivity contribution >= 4 is 17.5 Å². The van der Waals surface area contributed by atoms with E-state index in [1.807, 2.05) is 44.2 Å². The van der Waals surface area contributed by atoms with E-state index in [1.54, 1.807) is 7.11 Å². The topological polar surface area (TPSA) is 83.7 Å². The van der Waals surface area contributed by atoms with Gasteiger partial charge in [-0.2, -0.15) is 0 Å². The number of aromatic nitrogens is 4. The molecule has 0 atom stereocenters. The second-order valence-electron chi connectivity index (χ2n) is 5.40. The zero-order valence-corrected chi connectivity index (χ0v) is 14.5. The maximum absolute atomic E-state index is 12.3. The molecule has 0 saturated heterocycles. The normalized spacial score (nSPS) is 10.8. The van der Waals surface area contributed by atoms with E-state index in [2.05, 4.69) is 20.2 Å². The number of nitrogens with one attached hydrogen (secondary N) is 2. The Kier molecular flexibility index (Phi) is 4.71. The SMILES string of the molecule is COc1ccc(-c2nc(SCC(=O)c3cc(C)[nH]c3C)n[nH]2)cc1. The molecule has 24 heavy (non-hydrogen) atoms. The highest BCUT2D eigenvalue weighted by atomic mass is 32.2. The minimum atomic E-state index is 0.0673. The zero-order valence-electron chi connectivity index (χ0n) is 13.7. The molecule has 0 aliphatic heterocycles. The number of benzene rings is 1. The number of aromatic amines is 2. The summed E-state index contributed by atoms with van der Waals surface area (Å²) in [5.74, 6) is 1.83. The number of H-pyrrole nitrogens is 2. The Bertz CT molecular complexity index is 852. The number of nitrogens with zero attached hydrogens (tertiary/aromatic N) is 2. The van der Waals surface area contributed by atoms with E-state index in [0.717, 1.165) is 28.3 Å². The van der Waals surface area contributed by atoms with Gasteiger partial charge in [-0.25, -0.2) is 4.98 Å². The van der Waals surface area contributed by atoms with Crippen LogP contribution >= 0.6 is 11.8 Å². The molecule has 0 bridgehead atoms. The van der Waals surface area contributed by atoms with Gasteiger partial charge in [0.15, 0.2) is 11.6 Å². The van der Waals surface area contributed by atoms with Crippen LogP contribution in [-0.2, 0) is 0 Å². The second kappa shape index (κ2) is 6.92. The average Bonchev–Trinajstić information content (AvgIpc) is 3.19. The summed E-state index contributed by atoms with van der Waals surface area (Å²) in [4.78, 5) is 19.8. The molecule has 0 aliphatic carbocycles. The van der Waals surface area contributed by atoms with Crippen LogP contribution in [0.2, 0.25) is 0 Å². The smallest absolute Gasteiger partial charge is 0.209 e. The molecular formula is C17H18N4O2S. The number of rotatable bonds is 6. The van der Waals surface area contributed by atoms with Gasteiger partial charge in [-0.05, 0) is 44.2 Å². The van der Waals surface area contributed by atoms with Crippen molar-refractivity contribution < 1.29 is 9.53 Å². The molecule has 6 nitrogen and oxygen atoms in total. The van der Waals surface area contributed by atoms with Crippen molar-refractivity contribution in [2.45, 2.75) is 19.0 Å². The van der Waals surface area contributed by atoms with Crippen molar-refractivity contribution in [3.63, 3.8) is 0 Å². The summed E-state index contributed by atoms with van der Waals surface area (Å²) in [5, 5.41) is 7.62. The number of thioether (sulfide) groups is 1. The largest absolute Gasteiger partial charge is 0.497 e. The fourth-order valence-electron chi connectivity index (χ4n) is 2.41. The highest BCUT2D eigenvalue weighted by Gasteiger charge is 2.14. The molecule has 0 spiro atoms. The lowest BCUT2D eigenvalue weighted by molar-refractivity contribution is 0.102. The summed E-state index contributed by atoms with van der Waals surface area (Å²) in [6.07, 6.45) is 0. The number of aryl methyl sites for hydroxylation is 2. The van der Waals surface area contributed by atoms with Gasteiger partial charge in [-0.15, -0.1) is 5.10 Å². The van der Waals surface area contributed by atoms with E-state index in [0.29, 0.717) is 16.7 Å². The van der Waals surface area contributed by atoms with Gasteiger partial charge in [0, 0.05) is 22.5 Å². The standard InChI is InChI=1S/C17H18N4O2S/c1-10-8-14(11(2)18-10)15(22)9-24-17-19-16(20-21-17)12-4-6-13(23-3)7-5-12/h4-8,18H,9H2,1-3H3,(H,19,20,21). The molecule has 124 valence electrons. The van der Waals surface area contributed by atoms with Crippen LogP contribution in [0.5, 0.6) is 5.75 Å². The Labute approximate surface area is 144 Å². The van der Waals surface area contributed by atoms with E-state index < -0.39 is 0 Å². The van der Waals surface area contributed by atoms with E-state index >= 15 is 0 Å². The summed E-state index contributed by atoms with van der Waals surface area (Å²) in [6, 6.07) is 9.42. The van der Waals surface area contributed by atoms with Gasteiger partial charge in [0.05, 0.1) is 12.9 Å². The molecular weight excluding hydrogens is 324 g/mol. The Balaban J connectivity index is 1.65. The first-order chi connectivity index (χ1) is 11.6. The fraction of sp³-hybridized carbons (Fsp3) is 0.235. The minimum Gasteiger partial charge on any atom is -0.497 e. The Hall–Kier alpha value is -2.54. The third-order valence-corrected chi connectivity index (χ3v) is 4.46. The second-order valence-corrected chi connectivity index (χ2v) is 6.34. The number of hydrogen-bond acceptors (Lipinski definition) is 5. The maximum atomic E-state index is 12.3. The van der Waals surface area contributed by atoms with Gasteiger partial charge >= 0.3 is 0 Å². The number of ketones is 1. The number of Topliss-reactive ketones (excluding diaryl/α,β-unsaturated/α-hetero) is 1. The van der Waals surface area contributed by atoms with Crippen LogP contribution in [0.4, 0.5) is 0 Å². The lowest BCUT2D eigenvalue weighted by Gasteiger charge is -2.00. The molecule has 7 heteroatoms. The lowest BCUT2D eigenvalue weighted by Crippen LogP contribution is -2.03. The quantitative estimate of drug-likeness (QED) is 0.530. The lowest BCUT2D eigenvalue weighted by atomic mass is 10.2. The summed E-state index contributed by atoms with van der Waals surface area (Å²) in [5.41, 5.74) is 3.53. The molecule has 0 aliphatic rings. The first-order valence-corrected chi connectivity index (χ1v) is 8.44. The van der Waals surface area contributed by atoms with Crippen molar-refractivity contribution in [2.75, 3.05) is 12.9 Å². The summed E-state index contributed by atoms with van der Waals surface area (Å²) in [7, 11) is 1.63. The molecule has 0 unspecified atom stereocenters. The molecule has 0 amide bonds. The van der Waals surface area contributed by atoms with Gasteiger partial charge in [0.25, 0.3) is 0 Å². The number of ether oxygens (including phenoxy) is 1. The van der Waals surface area contributed by atoms with Crippen molar-refractivity contribution in [3.8, 4) is 17.1 Å². The maximum Gasteiger partial charge on any atom is 0.209 e. The first kappa shape index (κ1) is 16.3. The number of carbonyl (C=O) groups excluding carboxylic acids is 1. The third kappa shape index (κ3) is 3.51. The molecule has 0 radical (unpaired) electrons. The van der Waals surface area contributed by atoms with E-state index in [4.69, 9.17) is 4.74 Å². The Morgan fingerprint density at radius 1 is 1.25 bits per heavy atom. The monoisotopic (exact) mass is 342 g/mol. The Morgan fingerprint density at radius 2 is 2.00 bits per heavy atom. The molecule has 3 rings (SSSR count). The van der Waals surface area contributed by atoms with Crippen LogP contribution in [0.3, 0.4) is 0 Å². The van der Waals surface area contributed by atoms with Crippen molar-refractivity contribution in [1.82, 2.24) is 20.2 Å². The number of hydrogen-bond donors (Lipinski definition) is 2. The van der Waals surface area contributed by atoms with E-state index in [1.165, 1.54) is 11.8 Å². The van der Waals surface area contributed by atoms with Gasteiger partial charge < -0.3 is 9.72 Å². The van der Waals surface area contributed by atoms with E-state index in [-0.39, 0.29) is 5.78 Å². The van der Waals surface area contributed by atoms with Crippen LogP contribution < -0.4 is 4.74 Å². The molecule has 1 aromatic carbocycles. The highest BCUT2D eigenvalue weighted by molar-refractivity contribution is 7.99. The van der Waals surface area contributed by atoms with Crippen LogP contribution in [-0.4, -0.2) is 38.8 Å². The molecule has 0 fully saturated rings. The minimum absolute atomic E-state index is 0.0673. The van der Waals surface area contributed by atoms with E-state index in [9.17, 15) is 4.79 Å². The first-order valence-electron chi connectivity index (χ1n) is 7.46. The molecule has 2 heterocycles. The van der Waals surface area contributed by atoms with Crippen LogP contribution in [0.15, 0.2) is 35.5 Å². The predicted molar refractivity (Wildman–Crippen MR) is 93.7 cm³/mol. The predicted octanol–water partition coefficient (Wildman–Crippen LogP) is 3.40. The van der Waals surface area contributed by atoms with Crippen LogP contribution in [0, 0.1) is 13.8 Å². The van der Waals surface area contributed by atoms with Gasteiger partial charge in [0.1, 0.15) is 5.75 Å². The number of carbonyl (C=O) groups is 1.